The van der Waals surface area contributed by atoms with Gasteiger partial charge in [-0.25, -0.2) is 4.98 Å². The molecule has 0 saturated carbocycles. The molecule has 6 heteroatoms. The number of rotatable bonds is 6. The number of thioether (sulfide) groups is 1. The summed E-state index contributed by atoms with van der Waals surface area (Å²) < 4.78 is 6.95. The number of hydrogen-bond donors (Lipinski definition) is 0. The van der Waals surface area contributed by atoms with E-state index in [1.54, 1.807) is 34.8 Å². The van der Waals surface area contributed by atoms with E-state index in [2.05, 4.69) is 6.92 Å². The van der Waals surface area contributed by atoms with E-state index >= 15 is 0 Å². The number of fused-ring (bicyclic) bond motifs is 3. The molecule has 27 heavy (non-hydrogen) atoms. The molecule has 0 radical (unpaired) electrons. The summed E-state index contributed by atoms with van der Waals surface area (Å²) in [6.07, 6.45) is 4.14. The van der Waals surface area contributed by atoms with Crippen molar-refractivity contribution in [3.63, 3.8) is 0 Å². The second-order valence-electron chi connectivity index (χ2n) is 7.10. The lowest BCUT2D eigenvalue weighted by molar-refractivity contribution is 0.200. The highest BCUT2D eigenvalue weighted by molar-refractivity contribution is 7.99. The van der Waals surface area contributed by atoms with E-state index < -0.39 is 0 Å². The van der Waals surface area contributed by atoms with E-state index in [9.17, 15) is 4.79 Å². The second kappa shape index (κ2) is 8.17. The number of methoxy groups -OCH3 is 1. The van der Waals surface area contributed by atoms with Crippen LogP contribution in [0.25, 0.3) is 15.9 Å². The molecule has 0 N–H and O–H groups in total. The molecule has 0 aliphatic heterocycles. The Hall–Kier alpha value is -1.63. The van der Waals surface area contributed by atoms with Crippen LogP contribution in [-0.4, -0.2) is 29.0 Å². The van der Waals surface area contributed by atoms with Gasteiger partial charge in [-0.15, -0.1) is 11.3 Å². The van der Waals surface area contributed by atoms with E-state index in [0.717, 1.165) is 59.1 Å². The zero-order valence-electron chi connectivity index (χ0n) is 15.7. The van der Waals surface area contributed by atoms with E-state index in [-0.39, 0.29) is 5.56 Å². The van der Waals surface area contributed by atoms with Crippen LogP contribution < -0.4 is 5.56 Å². The third-order valence-electron chi connectivity index (χ3n) is 5.04. The molecule has 1 atom stereocenters. The zero-order chi connectivity index (χ0) is 18.8. The van der Waals surface area contributed by atoms with Crippen LogP contribution in [0.2, 0.25) is 0 Å². The minimum atomic E-state index is 0.0764. The quantitative estimate of drug-likeness (QED) is 0.342. The van der Waals surface area contributed by atoms with E-state index in [1.807, 2.05) is 30.3 Å². The lowest BCUT2D eigenvalue weighted by Crippen LogP contribution is -2.22. The van der Waals surface area contributed by atoms with Crippen molar-refractivity contribution < 1.29 is 4.74 Å². The van der Waals surface area contributed by atoms with Gasteiger partial charge in [0.25, 0.3) is 5.56 Å². The van der Waals surface area contributed by atoms with Crippen molar-refractivity contribution in [1.82, 2.24) is 9.55 Å². The smallest absolute Gasteiger partial charge is 0.267 e. The van der Waals surface area contributed by atoms with Gasteiger partial charge in [0.15, 0.2) is 5.16 Å². The van der Waals surface area contributed by atoms with Crippen LogP contribution in [0.5, 0.6) is 0 Å². The molecule has 2 heterocycles. The Labute approximate surface area is 167 Å². The Bertz CT molecular complexity index is 995. The lowest BCUT2D eigenvalue weighted by atomic mass is 9.89. The molecule has 0 saturated heterocycles. The summed E-state index contributed by atoms with van der Waals surface area (Å²) in [5, 5.41) is 1.62. The van der Waals surface area contributed by atoms with E-state index in [1.165, 1.54) is 10.4 Å². The third kappa shape index (κ3) is 3.71. The number of benzene rings is 1. The first-order chi connectivity index (χ1) is 13.2. The minimum absolute atomic E-state index is 0.0764. The average molecular weight is 401 g/mol. The van der Waals surface area contributed by atoms with Gasteiger partial charge in [0, 0.05) is 24.3 Å². The maximum absolute atomic E-state index is 13.5. The van der Waals surface area contributed by atoms with Gasteiger partial charge >= 0.3 is 0 Å². The molecule has 1 aromatic carbocycles. The molecule has 0 bridgehead atoms. The summed E-state index contributed by atoms with van der Waals surface area (Å²) in [6.45, 7) is 3.01. The monoisotopic (exact) mass is 400 g/mol. The highest BCUT2D eigenvalue weighted by Gasteiger charge is 2.25. The largest absolute Gasteiger partial charge is 0.385 e. The molecule has 1 unspecified atom stereocenters. The van der Waals surface area contributed by atoms with Crippen molar-refractivity contribution in [1.29, 1.82) is 0 Å². The van der Waals surface area contributed by atoms with Crippen LogP contribution in [0.1, 0.15) is 30.2 Å². The molecule has 1 aliphatic carbocycles. The number of aromatic nitrogens is 2. The molecule has 142 valence electrons. The SMILES string of the molecule is COCCCSc1nc2sc3c(c2c(=O)n1-c1ccccc1)CCC(C)C3. The zero-order valence-corrected chi connectivity index (χ0v) is 17.4. The summed E-state index contributed by atoms with van der Waals surface area (Å²) in [5.74, 6) is 1.56. The van der Waals surface area contributed by atoms with E-state index in [4.69, 9.17) is 9.72 Å². The summed E-state index contributed by atoms with van der Waals surface area (Å²) in [6, 6.07) is 9.87. The minimum Gasteiger partial charge on any atom is -0.385 e. The molecule has 4 nitrogen and oxygen atoms in total. The normalized spacial score (nSPS) is 16.6. The number of para-hydroxylation sites is 1. The fourth-order valence-corrected chi connectivity index (χ4v) is 5.99. The summed E-state index contributed by atoms with van der Waals surface area (Å²) in [7, 11) is 1.71. The standard InChI is InChI=1S/C21H24N2O2S2/c1-14-9-10-16-17(13-14)27-19-18(16)20(24)23(15-7-4-3-5-8-15)21(22-19)26-12-6-11-25-2/h3-5,7-8,14H,6,9-13H2,1-2H3. The molecule has 3 aromatic rings. The maximum Gasteiger partial charge on any atom is 0.267 e. The molecule has 2 aromatic heterocycles. The molecule has 0 fully saturated rings. The fourth-order valence-electron chi connectivity index (χ4n) is 3.64. The van der Waals surface area contributed by atoms with Crippen LogP contribution in [0.3, 0.4) is 0 Å². The van der Waals surface area contributed by atoms with Gasteiger partial charge < -0.3 is 4.74 Å². The topological polar surface area (TPSA) is 44.1 Å². The van der Waals surface area contributed by atoms with Gasteiger partial charge in [0.2, 0.25) is 0 Å². The first-order valence-corrected chi connectivity index (χ1v) is 11.2. The van der Waals surface area contributed by atoms with Crippen LogP contribution >= 0.6 is 23.1 Å². The Morgan fingerprint density at radius 3 is 2.93 bits per heavy atom. The molecular formula is C21H24N2O2S2. The average Bonchev–Trinajstić information content (AvgIpc) is 3.03. The van der Waals surface area contributed by atoms with Gasteiger partial charge in [-0.2, -0.15) is 0 Å². The van der Waals surface area contributed by atoms with Crippen LogP contribution in [0, 0.1) is 5.92 Å². The van der Waals surface area contributed by atoms with Gasteiger partial charge in [-0.05, 0) is 49.3 Å². The highest BCUT2D eigenvalue weighted by atomic mass is 32.2. The van der Waals surface area contributed by atoms with Crippen molar-refractivity contribution >= 4 is 33.3 Å². The number of nitrogens with zero attached hydrogens (tertiary/aromatic N) is 2. The molecule has 1 aliphatic rings. The number of ether oxygens (including phenoxy) is 1. The maximum atomic E-state index is 13.5. The van der Waals surface area contributed by atoms with Crippen molar-refractivity contribution in [2.75, 3.05) is 19.5 Å². The summed E-state index contributed by atoms with van der Waals surface area (Å²) >= 11 is 3.35. The van der Waals surface area contributed by atoms with Crippen LogP contribution in [-0.2, 0) is 17.6 Å². The third-order valence-corrected chi connectivity index (χ3v) is 7.21. The van der Waals surface area contributed by atoms with Crippen LogP contribution in [0.15, 0.2) is 40.3 Å². The molecule has 0 spiro atoms. The predicted octanol–water partition coefficient (Wildman–Crippen LogP) is 4.70. The Morgan fingerprint density at radius 2 is 2.15 bits per heavy atom. The van der Waals surface area contributed by atoms with Gasteiger partial charge in [0.1, 0.15) is 4.83 Å². The van der Waals surface area contributed by atoms with E-state index in [0.29, 0.717) is 5.92 Å². The van der Waals surface area contributed by atoms with Crippen molar-refractivity contribution in [2.45, 2.75) is 37.8 Å². The van der Waals surface area contributed by atoms with Gasteiger partial charge in [-0.3, -0.25) is 9.36 Å². The Balaban J connectivity index is 1.85. The molecule has 4 rings (SSSR count). The van der Waals surface area contributed by atoms with Crippen LogP contribution in [0.4, 0.5) is 0 Å². The predicted molar refractivity (Wildman–Crippen MR) is 114 cm³/mol. The number of hydrogen-bond acceptors (Lipinski definition) is 5. The number of thiophene rings is 1. The first kappa shape index (κ1) is 18.7. The highest BCUT2D eigenvalue weighted by Crippen LogP contribution is 2.37. The first-order valence-electron chi connectivity index (χ1n) is 9.43. The Morgan fingerprint density at radius 1 is 1.33 bits per heavy atom. The fraction of sp³-hybridized carbons (Fsp3) is 0.429. The molecule has 0 amide bonds. The van der Waals surface area contributed by atoms with Gasteiger partial charge in [0.05, 0.1) is 11.1 Å². The molecular weight excluding hydrogens is 376 g/mol. The number of aryl methyl sites for hydroxylation is 1. The Kier molecular flexibility index (Phi) is 5.66. The van der Waals surface area contributed by atoms with Gasteiger partial charge in [-0.1, -0.05) is 36.9 Å². The van der Waals surface area contributed by atoms with Crippen molar-refractivity contribution in [3.8, 4) is 5.69 Å². The second-order valence-corrected chi connectivity index (χ2v) is 9.24. The lowest BCUT2D eigenvalue weighted by Gasteiger charge is -2.17. The summed E-state index contributed by atoms with van der Waals surface area (Å²) in [5.41, 5.74) is 2.20. The summed E-state index contributed by atoms with van der Waals surface area (Å²) in [4.78, 5) is 20.7. The van der Waals surface area contributed by atoms with Crippen molar-refractivity contribution in [3.05, 3.63) is 51.1 Å². The van der Waals surface area contributed by atoms with Crippen molar-refractivity contribution in [2.24, 2.45) is 5.92 Å².